The van der Waals surface area contributed by atoms with Crippen molar-refractivity contribution in [3.63, 3.8) is 0 Å². The number of quaternary nitrogens is 1. The average molecular weight is 245 g/mol. The third kappa shape index (κ3) is 2.02. The van der Waals surface area contributed by atoms with Crippen molar-refractivity contribution >= 4 is 16.7 Å². The highest BCUT2D eigenvalue weighted by Crippen LogP contribution is 2.25. The van der Waals surface area contributed by atoms with Gasteiger partial charge in [-0.2, -0.15) is 0 Å². The lowest BCUT2D eigenvalue weighted by Gasteiger charge is -2.22. The molecule has 0 bridgehead atoms. The van der Waals surface area contributed by atoms with E-state index in [2.05, 4.69) is 5.73 Å². The molecular weight excluding hydrogens is 230 g/mol. The Labute approximate surface area is 105 Å². The van der Waals surface area contributed by atoms with Crippen molar-refractivity contribution < 1.29 is 20.4 Å². The minimum Gasteiger partial charge on any atom is -0.543 e. The zero-order valence-electron chi connectivity index (χ0n) is 10.4. The normalized spacial score (nSPS) is 14.2. The average Bonchev–Trinajstić information content (AvgIpc) is 2.37. The predicted molar refractivity (Wildman–Crippen MR) is 65.7 cm³/mol. The Morgan fingerprint density at radius 3 is 2.44 bits per heavy atom. The van der Waals surface area contributed by atoms with Crippen molar-refractivity contribution in [3.05, 3.63) is 42.0 Å². The molecule has 3 N–H and O–H groups in total. The minimum atomic E-state index is -1.24. The quantitative estimate of drug-likeness (QED) is 0.830. The van der Waals surface area contributed by atoms with E-state index in [1.54, 1.807) is 13.2 Å². The van der Waals surface area contributed by atoms with E-state index >= 15 is 0 Å². The molecule has 0 saturated carbocycles. The molecule has 18 heavy (non-hydrogen) atoms. The van der Waals surface area contributed by atoms with Crippen molar-refractivity contribution in [2.45, 2.75) is 12.5 Å². The standard InChI is InChI=1S/C14H15NO3/c1-14(15,13(16)17)11-5-3-10-8-12(18-2)6-4-9(10)7-11/h3-8H,15H2,1-2H3,(H,16,17)/t14-/m1/s1. The van der Waals surface area contributed by atoms with E-state index in [4.69, 9.17) is 4.74 Å². The summed E-state index contributed by atoms with van der Waals surface area (Å²) >= 11 is 0. The van der Waals surface area contributed by atoms with Gasteiger partial charge in [0.2, 0.25) is 0 Å². The lowest BCUT2D eigenvalue weighted by atomic mass is 9.91. The summed E-state index contributed by atoms with van der Waals surface area (Å²) in [6.45, 7) is 1.53. The fourth-order valence-corrected chi connectivity index (χ4v) is 1.81. The van der Waals surface area contributed by atoms with Gasteiger partial charge >= 0.3 is 0 Å². The number of methoxy groups -OCH3 is 1. The first-order valence-electron chi connectivity index (χ1n) is 5.60. The zero-order valence-corrected chi connectivity index (χ0v) is 10.4. The van der Waals surface area contributed by atoms with Gasteiger partial charge in [0.05, 0.1) is 7.11 Å². The first-order valence-corrected chi connectivity index (χ1v) is 5.60. The molecule has 0 aliphatic carbocycles. The number of aliphatic carboxylic acids is 1. The number of carboxylic acid groups (broad SMARTS) is 1. The Kier molecular flexibility index (Phi) is 2.97. The molecule has 0 saturated heterocycles. The molecule has 2 aromatic rings. The number of carbonyl (C=O) groups is 1. The maximum Gasteiger partial charge on any atom is 0.157 e. The van der Waals surface area contributed by atoms with Gasteiger partial charge in [-0.3, -0.25) is 0 Å². The second-order valence-electron chi connectivity index (χ2n) is 4.55. The Bertz CT molecular complexity index is 605. The van der Waals surface area contributed by atoms with Crippen molar-refractivity contribution in [3.8, 4) is 5.75 Å². The molecule has 4 heteroatoms. The maximum atomic E-state index is 11.1. The highest BCUT2D eigenvalue weighted by molar-refractivity contribution is 5.86. The summed E-state index contributed by atoms with van der Waals surface area (Å²) in [7, 11) is 1.61. The molecule has 4 nitrogen and oxygen atoms in total. The molecule has 0 aliphatic heterocycles. The number of hydrogen-bond donors (Lipinski definition) is 1. The first kappa shape index (κ1) is 12.4. The van der Waals surface area contributed by atoms with E-state index in [1.807, 2.05) is 30.3 Å². The molecule has 0 aromatic heterocycles. The van der Waals surface area contributed by atoms with Gasteiger partial charge in [-0.25, -0.2) is 0 Å². The fraction of sp³-hybridized carbons (Fsp3) is 0.214. The van der Waals surface area contributed by atoms with E-state index in [0.29, 0.717) is 5.56 Å². The Hall–Kier alpha value is -2.07. The molecule has 0 heterocycles. The van der Waals surface area contributed by atoms with Crippen molar-refractivity contribution in [1.82, 2.24) is 0 Å². The second kappa shape index (κ2) is 4.31. The Morgan fingerprint density at radius 1 is 1.22 bits per heavy atom. The minimum absolute atomic E-state index is 0.625. The molecule has 2 aromatic carbocycles. The van der Waals surface area contributed by atoms with E-state index in [0.717, 1.165) is 16.5 Å². The SMILES string of the molecule is COc1ccc2cc([C@@](C)([NH3+])C(=O)[O-])ccc2c1. The van der Waals surface area contributed by atoms with Gasteiger partial charge in [0.1, 0.15) is 11.7 Å². The third-order valence-corrected chi connectivity index (χ3v) is 3.14. The smallest absolute Gasteiger partial charge is 0.157 e. The number of carbonyl (C=O) groups excluding carboxylic acids is 1. The molecular formula is C14H15NO3. The van der Waals surface area contributed by atoms with E-state index < -0.39 is 11.5 Å². The zero-order chi connectivity index (χ0) is 13.3. The molecule has 0 radical (unpaired) electrons. The number of ether oxygens (including phenoxy) is 1. The van der Waals surface area contributed by atoms with Crippen LogP contribution in [-0.4, -0.2) is 13.1 Å². The number of fused-ring (bicyclic) bond motifs is 1. The van der Waals surface area contributed by atoms with Crippen LogP contribution < -0.4 is 15.6 Å². The van der Waals surface area contributed by atoms with Crippen LogP contribution in [0.1, 0.15) is 12.5 Å². The molecule has 94 valence electrons. The predicted octanol–water partition coefficient (Wildman–Crippen LogP) is 0.0554. The molecule has 1 atom stereocenters. The number of rotatable bonds is 3. The summed E-state index contributed by atoms with van der Waals surface area (Å²) in [5.74, 6) is -0.414. The summed E-state index contributed by atoms with van der Waals surface area (Å²) in [6, 6.07) is 11.1. The highest BCUT2D eigenvalue weighted by Gasteiger charge is 2.27. The molecule has 0 amide bonds. The van der Waals surface area contributed by atoms with Gasteiger partial charge in [0, 0.05) is 12.5 Å². The van der Waals surface area contributed by atoms with Gasteiger partial charge in [0.15, 0.2) is 5.54 Å². The topological polar surface area (TPSA) is 77.0 Å². The van der Waals surface area contributed by atoms with E-state index in [9.17, 15) is 9.90 Å². The van der Waals surface area contributed by atoms with Crippen molar-refractivity contribution in [2.75, 3.05) is 7.11 Å². The van der Waals surface area contributed by atoms with Crippen LogP contribution >= 0.6 is 0 Å². The molecule has 0 fully saturated rings. The molecule has 0 unspecified atom stereocenters. The summed E-state index contributed by atoms with van der Waals surface area (Å²) in [4.78, 5) is 11.1. The molecule has 0 aliphatic rings. The van der Waals surface area contributed by atoms with Crippen molar-refractivity contribution in [2.24, 2.45) is 0 Å². The Morgan fingerprint density at radius 2 is 1.83 bits per heavy atom. The van der Waals surface area contributed by atoms with Crippen LogP contribution in [0.25, 0.3) is 10.8 Å². The summed E-state index contributed by atoms with van der Waals surface area (Å²) in [6.07, 6.45) is 0. The van der Waals surface area contributed by atoms with Crippen LogP contribution in [0.15, 0.2) is 36.4 Å². The second-order valence-corrected chi connectivity index (χ2v) is 4.55. The van der Waals surface area contributed by atoms with Crippen LogP contribution in [0.3, 0.4) is 0 Å². The molecule has 2 rings (SSSR count). The van der Waals surface area contributed by atoms with Crippen LogP contribution in [0.2, 0.25) is 0 Å². The first-order chi connectivity index (χ1) is 8.45. The maximum absolute atomic E-state index is 11.1. The van der Waals surface area contributed by atoms with Gasteiger partial charge < -0.3 is 20.4 Å². The number of benzene rings is 2. The van der Waals surface area contributed by atoms with Gasteiger partial charge in [0.25, 0.3) is 0 Å². The van der Waals surface area contributed by atoms with Gasteiger partial charge in [-0.15, -0.1) is 0 Å². The summed E-state index contributed by atoms with van der Waals surface area (Å²) in [5, 5.41) is 13.0. The largest absolute Gasteiger partial charge is 0.543 e. The number of carboxylic acids is 1. The van der Waals surface area contributed by atoms with Gasteiger partial charge in [-0.05, 0) is 29.0 Å². The lowest BCUT2D eigenvalue weighted by molar-refractivity contribution is -0.489. The number of hydrogen-bond acceptors (Lipinski definition) is 3. The van der Waals surface area contributed by atoms with Crippen LogP contribution in [0.4, 0.5) is 0 Å². The van der Waals surface area contributed by atoms with E-state index in [-0.39, 0.29) is 0 Å². The van der Waals surface area contributed by atoms with Gasteiger partial charge in [-0.1, -0.05) is 18.2 Å². The summed E-state index contributed by atoms with van der Waals surface area (Å²) < 4.78 is 5.14. The summed E-state index contributed by atoms with van der Waals surface area (Å²) in [5.41, 5.74) is 3.08. The third-order valence-electron chi connectivity index (χ3n) is 3.14. The van der Waals surface area contributed by atoms with E-state index in [1.165, 1.54) is 6.92 Å². The fourth-order valence-electron chi connectivity index (χ4n) is 1.81. The van der Waals surface area contributed by atoms with Crippen molar-refractivity contribution in [1.29, 1.82) is 0 Å². The monoisotopic (exact) mass is 245 g/mol. The van der Waals surface area contributed by atoms with Crippen LogP contribution in [-0.2, 0) is 10.3 Å². The highest BCUT2D eigenvalue weighted by atomic mass is 16.5. The van der Waals surface area contributed by atoms with Crippen LogP contribution in [0, 0.1) is 0 Å². The van der Waals surface area contributed by atoms with Crippen LogP contribution in [0.5, 0.6) is 5.75 Å². The Balaban J connectivity index is 2.55. The lowest BCUT2D eigenvalue weighted by Crippen LogP contribution is -2.75. The molecule has 0 spiro atoms.